The number of carboxylic acid groups (broad SMARTS) is 1. The first-order chi connectivity index (χ1) is 8.16. The van der Waals surface area contributed by atoms with Crippen molar-refractivity contribution in [2.24, 2.45) is 5.92 Å². The minimum absolute atomic E-state index is 0.0493. The molecule has 1 fully saturated rings. The van der Waals surface area contributed by atoms with Crippen molar-refractivity contribution in [1.29, 1.82) is 0 Å². The minimum Gasteiger partial charge on any atom is -0.481 e. The van der Waals surface area contributed by atoms with Crippen molar-refractivity contribution < 1.29 is 14.6 Å². The van der Waals surface area contributed by atoms with Gasteiger partial charge in [-0.05, 0) is 13.3 Å². The van der Waals surface area contributed by atoms with Crippen LogP contribution in [0.25, 0.3) is 0 Å². The van der Waals surface area contributed by atoms with Crippen molar-refractivity contribution in [1.82, 2.24) is 9.55 Å². The second-order valence-electron chi connectivity index (χ2n) is 4.17. The number of rotatable bonds is 5. The summed E-state index contributed by atoms with van der Waals surface area (Å²) in [6, 6.07) is 0. The SMILES string of the molecule is CC1OCCC1Cn1ccnc1SCC(=O)O. The molecule has 0 aromatic carbocycles. The molecule has 1 saturated heterocycles. The Kier molecular flexibility index (Phi) is 4.06. The Morgan fingerprint density at radius 2 is 2.59 bits per heavy atom. The lowest BCUT2D eigenvalue weighted by atomic mass is 10.0. The van der Waals surface area contributed by atoms with Crippen molar-refractivity contribution in [3.8, 4) is 0 Å². The Labute approximate surface area is 104 Å². The Balaban J connectivity index is 1.96. The summed E-state index contributed by atoms with van der Waals surface area (Å²) in [7, 11) is 0. The summed E-state index contributed by atoms with van der Waals surface area (Å²) in [6.07, 6.45) is 4.94. The van der Waals surface area contributed by atoms with Crippen molar-refractivity contribution in [2.45, 2.75) is 31.1 Å². The number of hydrogen-bond acceptors (Lipinski definition) is 4. The van der Waals surface area contributed by atoms with Crippen LogP contribution >= 0.6 is 11.8 Å². The summed E-state index contributed by atoms with van der Waals surface area (Å²) < 4.78 is 7.53. The van der Waals surface area contributed by atoms with E-state index in [1.54, 1.807) is 6.20 Å². The standard InChI is InChI=1S/C11H16N2O3S/c1-8-9(2-5-16-8)6-13-4-3-12-11(13)17-7-10(14)15/h3-4,8-9H,2,5-7H2,1H3,(H,14,15). The van der Waals surface area contributed by atoms with E-state index in [1.807, 2.05) is 10.8 Å². The molecule has 6 heteroatoms. The van der Waals surface area contributed by atoms with Crippen LogP contribution in [0.3, 0.4) is 0 Å². The molecule has 1 N–H and O–H groups in total. The smallest absolute Gasteiger partial charge is 0.313 e. The first kappa shape index (κ1) is 12.4. The van der Waals surface area contributed by atoms with Crippen LogP contribution in [0.1, 0.15) is 13.3 Å². The second-order valence-corrected chi connectivity index (χ2v) is 5.11. The third-order valence-electron chi connectivity index (χ3n) is 2.97. The zero-order chi connectivity index (χ0) is 12.3. The molecule has 1 aliphatic rings. The molecule has 2 rings (SSSR count). The fourth-order valence-corrected chi connectivity index (χ4v) is 2.66. The number of aromatic nitrogens is 2. The topological polar surface area (TPSA) is 64.4 Å². The molecule has 0 saturated carbocycles. The molecule has 0 aliphatic carbocycles. The van der Waals surface area contributed by atoms with Crippen LogP contribution in [-0.4, -0.2) is 39.1 Å². The Morgan fingerprint density at radius 1 is 1.76 bits per heavy atom. The Morgan fingerprint density at radius 3 is 3.24 bits per heavy atom. The lowest BCUT2D eigenvalue weighted by Gasteiger charge is -2.15. The Hall–Kier alpha value is -1.01. The predicted octanol–water partition coefficient (Wildman–Crippen LogP) is 1.48. The zero-order valence-corrected chi connectivity index (χ0v) is 10.5. The van der Waals surface area contributed by atoms with Gasteiger partial charge in [0.15, 0.2) is 5.16 Å². The van der Waals surface area contributed by atoms with E-state index < -0.39 is 5.97 Å². The summed E-state index contributed by atoms with van der Waals surface area (Å²) in [5, 5.41) is 9.42. The molecule has 0 bridgehead atoms. The summed E-state index contributed by atoms with van der Waals surface area (Å²) >= 11 is 1.26. The van der Waals surface area contributed by atoms with Gasteiger partial charge in [0.1, 0.15) is 0 Å². The maximum atomic E-state index is 10.5. The fraction of sp³-hybridized carbons (Fsp3) is 0.636. The maximum Gasteiger partial charge on any atom is 0.313 e. The van der Waals surface area contributed by atoms with Crippen molar-refractivity contribution in [2.75, 3.05) is 12.4 Å². The van der Waals surface area contributed by atoms with Gasteiger partial charge in [-0.2, -0.15) is 0 Å². The van der Waals surface area contributed by atoms with E-state index in [0.29, 0.717) is 5.92 Å². The van der Waals surface area contributed by atoms with Crippen LogP contribution in [0.4, 0.5) is 0 Å². The number of imidazole rings is 1. The average Bonchev–Trinajstić information content (AvgIpc) is 2.87. The molecule has 0 amide bonds. The summed E-state index contributed by atoms with van der Waals surface area (Å²) in [5.41, 5.74) is 0. The van der Waals surface area contributed by atoms with Crippen LogP contribution in [0.5, 0.6) is 0 Å². The van der Waals surface area contributed by atoms with Gasteiger partial charge in [0.25, 0.3) is 0 Å². The third-order valence-corrected chi connectivity index (χ3v) is 3.96. The molecule has 2 heterocycles. The number of aliphatic carboxylic acids is 1. The van der Waals surface area contributed by atoms with Gasteiger partial charge in [-0.3, -0.25) is 4.79 Å². The number of hydrogen-bond donors (Lipinski definition) is 1. The summed E-state index contributed by atoms with van der Waals surface area (Å²) in [4.78, 5) is 14.7. The van der Waals surface area contributed by atoms with E-state index in [4.69, 9.17) is 9.84 Å². The second kappa shape index (κ2) is 5.55. The zero-order valence-electron chi connectivity index (χ0n) is 9.70. The maximum absolute atomic E-state index is 10.5. The molecular formula is C11H16N2O3S. The van der Waals surface area contributed by atoms with Crippen LogP contribution in [0.15, 0.2) is 17.6 Å². The molecule has 0 spiro atoms. The quantitative estimate of drug-likeness (QED) is 0.808. The first-order valence-electron chi connectivity index (χ1n) is 5.64. The number of ether oxygens (including phenoxy) is 1. The number of nitrogens with zero attached hydrogens (tertiary/aromatic N) is 2. The minimum atomic E-state index is -0.817. The van der Waals surface area contributed by atoms with Crippen LogP contribution in [-0.2, 0) is 16.1 Å². The molecule has 17 heavy (non-hydrogen) atoms. The molecule has 2 atom stereocenters. The van der Waals surface area contributed by atoms with E-state index in [-0.39, 0.29) is 11.9 Å². The van der Waals surface area contributed by atoms with E-state index in [9.17, 15) is 4.79 Å². The highest BCUT2D eigenvalue weighted by Crippen LogP contribution is 2.24. The van der Waals surface area contributed by atoms with Gasteiger partial charge >= 0.3 is 5.97 Å². The molecule has 1 aromatic heterocycles. The molecule has 94 valence electrons. The first-order valence-corrected chi connectivity index (χ1v) is 6.62. The van der Waals surface area contributed by atoms with Gasteiger partial charge in [-0.15, -0.1) is 0 Å². The normalized spacial score (nSPS) is 24.1. The van der Waals surface area contributed by atoms with Gasteiger partial charge in [0.05, 0.1) is 11.9 Å². The summed E-state index contributed by atoms with van der Waals surface area (Å²) in [5.74, 6) is -0.274. The Bertz CT molecular complexity index is 394. The average molecular weight is 256 g/mol. The lowest BCUT2D eigenvalue weighted by molar-refractivity contribution is -0.133. The third kappa shape index (κ3) is 3.23. The lowest BCUT2D eigenvalue weighted by Crippen LogP contribution is -2.18. The van der Waals surface area contributed by atoms with Crippen molar-refractivity contribution in [3.63, 3.8) is 0 Å². The van der Waals surface area contributed by atoms with Gasteiger partial charge in [-0.25, -0.2) is 4.98 Å². The highest BCUT2D eigenvalue weighted by molar-refractivity contribution is 7.99. The van der Waals surface area contributed by atoms with E-state index >= 15 is 0 Å². The highest BCUT2D eigenvalue weighted by atomic mass is 32.2. The van der Waals surface area contributed by atoms with Crippen LogP contribution in [0.2, 0.25) is 0 Å². The van der Waals surface area contributed by atoms with Gasteiger partial charge in [0, 0.05) is 31.5 Å². The fourth-order valence-electron chi connectivity index (χ4n) is 1.97. The van der Waals surface area contributed by atoms with Crippen LogP contribution < -0.4 is 0 Å². The molecule has 1 aromatic rings. The largest absolute Gasteiger partial charge is 0.481 e. The molecule has 1 aliphatic heterocycles. The van der Waals surface area contributed by atoms with Gasteiger partial charge in [0.2, 0.25) is 0 Å². The van der Waals surface area contributed by atoms with Gasteiger partial charge in [-0.1, -0.05) is 11.8 Å². The van der Waals surface area contributed by atoms with E-state index in [1.165, 1.54) is 11.8 Å². The van der Waals surface area contributed by atoms with E-state index in [0.717, 1.165) is 24.7 Å². The van der Waals surface area contributed by atoms with Crippen LogP contribution in [0, 0.1) is 5.92 Å². The van der Waals surface area contributed by atoms with Gasteiger partial charge < -0.3 is 14.4 Å². The highest BCUT2D eigenvalue weighted by Gasteiger charge is 2.25. The monoisotopic (exact) mass is 256 g/mol. The molecular weight excluding hydrogens is 240 g/mol. The number of thioether (sulfide) groups is 1. The molecule has 0 radical (unpaired) electrons. The van der Waals surface area contributed by atoms with Crippen molar-refractivity contribution >= 4 is 17.7 Å². The number of carboxylic acids is 1. The van der Waals surface area contributed by atoms with E-state index in [2.05, 4.69) is 11.9 Å². The number of carbonyl (C=O) groups is 1. The molecule has 2 unspecified atom stereocenters. The summed E-state index contributed by atoms with van der Waals surface area (Å²) in [6.45, 7) is 3.75. The predicted molar refractivity (Wildman–Crippen MR) is 64.1 cm³/mol. The van der Waals surface area contributed by atoms with Crippen molar-refractivity contribution in [3.05, 3.63) is 12.4 Å². The molecule has 5 nitrogen and oxygen atoms in total.